The van der Waals surface area contributed by atoms with Gasteiger partial charge in [0.15, 0.2) is 0 Å². The quantitative estimate of drug-likeness (QED) is 0.467. The van der Waals surface area contributed by atoms with E-state index in [1.54, 1.807) is 6.07 Å². The molecule has 8 heteroatoms. The number of nitrogens with zero attached hydrogens (tertiary/aromatic N) is 1. The fraction of sp³-hybridized carbons (Fsp3) is 0.520. The lowest BCUT2D eigenvalue weighted by Gasteiger charge is -2.22. The molecule has 2 aromatic rings. The summed E-state index contributed by atoms with van der Waals surface area (Å²) in [5.41, 5.74) is 2.43. The molecule has 1 aliphatic heterocycles. The third-order valence-electron chi connectivity index (χ3n) is 6.04. The molecule has 3 rings (SSSR count). The highest BCUT2D eigenvalue weighted by molar-refractivity contribution is 6.00. The molecule has 0 aliphatic carbocycles. The Bertz CT molecular complexity index is 1070. The summed E-state index contributed by atoms with van der Waals surface area (Å²) in [6, 6.07) is 8.23. The normalized spacial score (nSPS) is 17.6. The molecule has 0 spiro atoms. The van der Waals surface area contributed by atoms with E-state index in [-0.39, 0.29) is 30.1 Å². The number of benzene rings is 1. The van der Waals surface area contributed by atoms with Crippen LogP contribution in [0, 0.1) is 23.2 Å². The molecule has 2 heterocycles. The van der Waals surface area contributed by atoms with Gasteiger partial charge in [-0.2, -0.15) is 5.26 Å². The number of nitriles is 1. The van der Waals surface area contributed by atoms with Gasteiger partial charge >= 0.3 is 0 Å². The number of aromatic amines is 1. The van der Waals surface area contributed by atoms with Crippen LogP contribution in [-0.2, 0) is 9.59 Å². The van der Waals surface area contributed by atoms with Gasteiger partial charge in [-0.25, -0.2) is 0 Å². The van der Waals surface area contributed by atoms with Crippen molar-refractivity contribution in [2.75, 3.05) is 6.54 Å². The smallest absolute Gasteiger partial charge is 0.268 e. The van der Waals surface area contributed by atoms with Gasteiger partial charge in [0.05, 0.1) is 6.07 Å². The molecule has 0 unspecified atom stereocenters. The zero-order valence-electron chi connectivity index (χ0n) is 19.7. The van der Waals surface area contributed by atoms with Crippen molar-refractivity contribution in [2.24, 2.45) is 11.8 Å². The average Bonchev–Trinajstić information content (AvgIpc) is 3.38. The zero-order valence-corrected chi connectivity index (χ0v) is 19.7. The van der Waals surface area contributed by atoms with Crippen molar-refractivity contribution in [1.29, 1.82) is 5.26 Å². The Balaban J connectivity index is 1.73. The summed E-state index contributed by atoms with van der Waals surface area (Å²) in [7, 11) is 0. The van der Waals surface area contributed by atoms with Gasteiger partial charge in [0.25, 0.3) is 5.91 Å². The van der Waals surface area contributed by atoms with Crippen molar-refractivity contribution in [2.45, 2.75) is 65.0 Å². The second kappa shape index (κ2) is 10.5. The van der Waals surface area contributed by atoms with E-state index < -0.39 is 18.0 Å². The number of fused-ring (bicyclic) bond motifs is 1. The highest BCUT2D eigenvalue weighted by Crippen LogP contribution is 2.25. The average molecular weight is 452 g/mol. The molecule has 1 aliphatic rings. The molecule has 0 radical (unpaired) electrons. The lowest BCUT2D eigenvalue weighted by atomic mass is 9.98. The molecule has 1 aromatic heterocycles. The first kappa shape index (κ1) is 24.3. The number of hydrogen-bond acceptors (Lipinski definition) is 4. The number of nitrogens with one attached hydrogen (secondary N) is 4. The van der Waals surface area contributed by atoms with Gasteiger partial charge < -0.3 is 20.9 Å². The Kier molecular flexibility index (Phi) is 7.75. The van der Waals surface area contributed by atoms with Gasteiger partial charge in [-0.15, -0.1) is 0 Å². The van der Waals surface area contributed by atoms with Crippen molar-refractivity contribution in [3.8, 4) is 6.07 Å². The van der Waals surface area contributed by atoms with Crippen LogP contribution in [0.15, 0.2) is 24.3 Å². The van der Waals surface area contributed by atoms with Gasteiger partial charge in [0.1, 0.15) is 17.8 Å². The summed E-state index contributed by atoms with van der Waals surface area (Å²) < 4.78 is 0. The van der Waals surface area contributed by atoms with E-state index in [0.717, 1.165) is 16.5 Å². The zero-order chi connectivity index (χ0) is 24.1. The van der Waals surface area contributed by atoms with E-state index in [2.05, 4.69) is 40.9 Å². The highest BCUT2D eigenvalue weighted by Gasteiger charge is 2.30. The van der Waals surface area contributed by atoms with Crippen molar-refractivity contribution in [3.63, 3.8) is 0 Å². The van der Waals surface area contributed by atoms with Crippen LogP contribution in [-0.4, -0.2) is 41.3 Å². The Morgan fingerprint density at radius 2 is 1.97 bits per heavy atom. The number of aromatic nitrogens is 1. The number of rotatable bonds is 9. The van der Waals surface area contributed by atoms with E-state index in [1.165, 1.54) is 0 Å². The molecular formula is C25H33N5O3. The summed E-state index contributed by atoms with van der Waals surface area (Å²) in [5, 5.41) is 18.8. The van der Waals surface area contributed by atoms with Crippen LogP contribution < -0.4 is 16.0 Å². The SMILES string of the molecule is CC(C)C[C@H](NC(=O)c1cc2cccc(C(C)C)c2[nH]1)C(=O)N[C@H](C#N)C[C@@H]1CCNC1=O. The van der Waals surface area contributed by atoms with E-state index in [4.69, 9.17) is 0 Å². The van der Waals surface area contributed by atoms with E-state index in [0.29, 0.717) is 31.0 Å². The van der Waals surface area contributed by atoms with Crippen LogP contribution in [0.2, 0.25) is 0 Å². The number of carbonyl (C=O) groups excluding carboxylic acids is 3. The molecule has 1 aromatic carbocycles. The predicted octanol–water partition coefficient (Wildman–Crippen LogP) is 2.97. The monoisotopic (exact) mass is 451 g/mol. The van der Waals surface area contributed by atoms with Gasteiger partial charge in [-0.1, -0.05) is 45.9 Å². The lowest BCUT2D eigenvalue weighted by molar-refractivity contribution is -0.125. The molecule has 3 atom stereocenters. The summed E-state index contributed by atoms with van der Waals surface area (Å²) in [6.07, 6.45) is 1.34. The molecule has 1 fully saturated rings. The largest absolute Gasteiger partial charge is 0.356 e. The Morgan fingerprint density at radius 3 is 2.58 bits per heavy atom. The minimum absolute atomic E-state index is 0.0869. The molecule has 1 saturated heterocycles. The Hall–Kier alpha value is -3.34. The van der Waals surface area contributed by atoms with Gasteiger partial charge in [0, 0.05) is 23.4 Å². The van der Waals surface area contributed by atoms with Crippen LogP contribution in [0.3, 0.4) is 0 Å². The molecule has 176 valence electrons. The molecule has 8 nitrogen and oxygen atoms in total. The number of H-pyrrole nitrogens is 1. The highest BCUT2D eigenvalue weighted by atomic mass is 16.2. The van der Waals surface area contributed by atoms with Gasteiger partial charge in [-0.05, 0) is 42.7 Å². The second-order valence-corrected chi connectivity index (χ2v) is 9.51. The van der Waals surface area contributed by atoms with Crippen LogP contribution in [0.4, 0.5) is 0 Å². The number of hydrogen-bond donors (Lipinski definition) is 4. The first-order valence-corrected chi connectivity index (χ1v) is 11.6. The number of para-hydroxylation sites is 1. The third-order valence-corrected chi connectivity index (χ3v) is 6.04. The third kappa shape index (κ3) is 5.92. The molecular weight excluding hydrogens is 418 g/mol. The van der Waals surface area contributed by atoms with Crippen molar-refractivity contribution < 1.29 is 14.4 Å². The van der Waals surface area contributed by atoms with Crippen molar-refractivity contribution in [3.05, 3.63) is 35.5 Å². The Labute approximate surface area is 194 Å². The second-order valence-electron chi connectivity index (χ2n) is 9.51. The maximum absolute atomic E-state index is 13.0. The van der Waals surface area contributed by atoms with Crippen molar-refractivity contribution >= 4 is 28.6 Å². The maximum atomic E-state index is 13.0. The summed E-state index contributed by atoms with van der Waals surface area (Å²) in [5.74, 6) is -0.706. The maximum Gasteiger partial charge on any atom is 0.268 e. The minimum Gasteiger partial charge on any atom is -0.356 e. The lowest BCUT2D eigenvalue weighted by Crippen LogP contribution is -2.50. The van der Waals surface area contributed by atoms with Crippen molar-refractivity contribution in [1.82, 2.24) is 20.9 Å². The van der Waals surface area contributed by atoms with Gasteiger partial charge in [-0.3, -0.25) is 14.4 Å². The first-order chi connectivity index (χ1) is 15.7. The molecule has 0 saturated carbocycles. The summed E-state index contributed by atoms with van der Waals surface area (Å²) in [4.78, 5) is 41.1. The van der Waals surface area contributed by atoms with E-state index >= 15 is 0 Å². The standard InChI is InChI=1S/C25H33N5O3/c1-14(2)10-20(24(32)28-18(13-26)11-17-8-9-27-23(17)31)30-25(33)21-12-16-6-5-7-19(15(3)4)22(16)29-21/h5-7,12,14-15,17-18,20,29H,8-11H2,1-4H3,(H,27,31)(H,28,32)(H,30,33)/t17-,18-,20-/m0/s1. The molecule has 33 heavy (non-hydrogen) atoms. The number of amides is 3. The van der Waals surface area contributed by atoms with Crippen LogP contribution in [0.1, 0.15) is 68.9 Å². The van der Waals surface area contributed by atoms with E-state index in [1.807, 2.05) is 32.0 Å². The molecule has 0 bridgehead atoms. The van der Waals surface area contributed by atoms with Gasteiger partial charge in [0.2, 0.25) is 11.8 Å². The van der Waals surface area contributed by atoms with E-state index in [9.17, 15) is 19.6 Å². The fourth-order valence-electron chi connectivity index (χ4n) is 4.29. The minimum atomic E-state index is -0.792. The number of carbonyl (C=O) groups is 3. The molecule has 4 N–H and O–H groups in total. The summed E-state index contributed by atoms with van der Waals surface area (Å²) in [6.45, 7) is 8.72. The fourth-order valence-corrected chi connectivity index (χ4v) is 4.29. The topological polar surface area (TPSA) is 127 Å². The summed E-state index contributed by atoms with van der Waals surface area (Å²) >= 11 is 0. The molecule has 3 amide bonds. The Morgan fingerprint density at radius 1 is 1.21 bits per heavy atom. The van der Waals surface area contributed by atoms with Crippen LogP contribution >= 0.6 is 0 Å². The van der Waals surface area contributed by atoms with Crippen LogP contribution in [0.5, 0.6) is 0 Å². The van der Waals surface area contributed by atoms with Crippen LogP contribution in [0.25, 0.3) is 10.9 Å². The predicted molar refractivity (Wildman–Crippen MR) is 126 cm³/mol. The first-order valence-electron chi connectivity index (χ1n) is 11.6.